The van der Waals surface area contributed by atoms with Crippen LogP contribution >= 0.6 is 0 Å². The average Bonchev–Trinajstić information content (AvgIpc) is 2.29. The minimum Gasteiger partial charge on any atom is -0.125 e. The maximum atomic E-state index is 3.23. The van der Waals surface area contributed by atoms with Gasteiger partial charge in [0, 0.05) is 0 Å². The normalized spacial score (nSPS) is 9.40. The fourth-order valence-electron chi connectivity index (χ4n) is 1.46. The molecule has 80 valence electrons. The van der Waals surface area contributed by atoms with Crippen LogP contribution in [0, 0.1) is 0 Å². The van der Waals surface area contributed by atoms with Crippen molar-refractivity contribution in [3.63, 3.8) is 0 Å². The van der Waals surface area contributed by atoms with E-state index in [-0.39, 0.29) is 0 Å². The molecule has 0 nitrogen and oxygen atoms in total. The molecular formula is C15H20. The second kappa shape index (κ2) is 8.08. The molecule has 0 aliphatic heterocycles. The minimum atomic E-state index is 1.16. The molecule has 15 heavy (non-hydrogen) atoms. The van der Waals surface area contributed by atoms with Gasteiger partial charge in [-0.15, -0.1) is 5.73 Å². The van der Waals surface area contributed by atoms with Crippen molar-refractivity contribution >= 4 is 6.08 Å². The number of hydrogen-bond donors (Lipinski definition) is 0. The average molecular weight is 200 g/mol. The molecule has 0 amide bonds. The zero-order chi connectivity index (χ0) is 10.8. The van der Waals surface area contributed by atoms with Crippen LogP contribution in [0.4, 0.5) is 0 Å². The largest absolute Gasteiger partial charge is 0.125 e. The highest BCUT2D eigenvalue weighted by atomic mass is 13.9. The van der Waals surface area contributed by atoms with Crippen molar-refractivity contribution in [1.29, 1.82) is 0 Å². The van der Waals surface area contributed by atoms with Gasteiger partial charge in [-0.25, -0.2) is 0 Å². The van der Waals surface area contributed by atoms with Crippen molar-refractivity contribution in [2.45, 2.75) is 39.0 Å². The Balaban J connectivity index is 2.23. The molecule has 0 saturated heterocycles. The Morgan fingerprint density at radius 3 is 2.60 bits per heavy atom. The Morgan fingerprint density at radius 2 is 1.87 bits per heavy atom. The molecule has 0 atom stereocenters. The van der Waals surface area contributed by atoms with Gasteiger partial charge in [-0.1, -0.05) is 56.5 Å². The summed E-state index contributed by atoms with van der Waals surface area (Å²) in [7, 11) is 0. The van der Waals surface area contributed by atoms with E-state index >= 15 is 0 Å². The van der Waals surface area contributed by atoms with Crippen LogP contribution in [0.25, 0.3) is 6.08 Å². The molecule has 0 saturated carbocycles. The summed E-state index contributed by atoms with van der Waals surface area (Å²) in [6, 6.07) is 10.3. The number of rotatable bonds is 6. The molecule has 0 aliphatic rings. The standard InChI is InChI=1S/C15H20/c1-2-3-4-5-6-7-9-12-15-13-10-8-11-14-15/h7-8,10-14H,2-6H2,1H3. The van der Waals surface area contributed by atoms with E-state index in [0.717, 1.165) is 6.42 Å². The molecular weight excluding hydrogens is 180 g/mol. The Kier molecular flexibility index (Phi) is 6.36. The number of unbranched alkanes of at least 4 members (excludes halogenated alkanes) is 4. The molecule has 0 fully saturated rings. The molecule has 1 rings (SSSR count). The summed E-state index contributed by atoms with van der Waals surface area (Å²) in [5, 5.41) is 0. The lowest BCUT2D eigenvalue weighted by molar-refractivity contribution is 0.675. The summed E-state index contributed by atoms with van der Waals surface area (Å²) in [5.41, 5.74) is 4.45. The smallest absolute Gasteiger partial charge is 0.0131 e. The monoisotopic (exact) mass is 200 g/mol. The lowest BCUT2D eigenvalue weighted by Gasteiger charge is -1.92. The summed E-state index contributed by atoms with van der Waals surface area (Å²) < 4.78 is 0. The van der Waals surface area contributed by atoms with Crippen molar-refractivity contribution < 1.29 is 0 Å². The van der Waals surface area contributed by atoms with Crippen LogP contribution in [0.1, 0.15) is 44.6 Å². The van der Waals surface area contributed by atoms with Crippen LogP contribution in [0.15, 0.2) is 42.1 Å². The Labute approximate surface area is 93.3 Å². The van der Waals surface area contributed by atoms with E-state index in [4.69, 9.17) is 0 Å². The van der Waals surface area contributed by atoms with Crippen molar-refractivity contribution in [2.24, 2.45) is 0 Å². The van der Waals surface area contributed by atoms with E-state index in [1.54, 1.807) is 0 Å². The lowest BCUT2D eigenvalue weighted by Crippen LogP contribution is -1.72. The first-order chi connectivity index (χ1) is 7.43. The molecule has 0 bridgehead atoms. The van der Waals surface area contributed by atoms with E-state index in [1.165, 1.54) is 31.2 Å². The molecule has 0 spiro atoms. The Morgan fingerprint density at radius 1 is 1.07 bits per heavy atom. The zero-order valence-corrected chi connectivity index (χ0v) is 9.58. The molecule has 0 unspecified atom stereocenters. The number of allylic oxidation sites excluding steroid dienone is 1. The van der Waals surface area contributed by atoms with Gasteiger partial charge in [0.05, 0.1) is 0 Å². The van der Waals surface area contributed by atoms with E-state index in [9.17, 15) is 0 Å². The van der Waals surface area contributed by atoms with Gasteiger partial charge in [0.15, 0.2) is 0 Å². The Bertz CT molecular complexity index is 302. The van der Waals surface area contributed by atoms with Crippen LogP contribution < -0.4 is 0 Å². The van der Waals surface area contributed by atoms with Gasteiger partial charge in [0.1, 0.15) is 0 Å². The highest BCUT2D eigenvalue weighted by Crippen LogP contribution is 2.03. The molecule has 1 aromatic rings. The second-order valence-corrected chi connectivity index (χ2v) is 3.78. The van der Waals surface area contributed by atoms with Gasteiger partial charge in [-0.05, 0) is 30.6 Å². The summed E-state index contributed by atoms with van der Waals surface area (Å²) in [6.45, 7) is 2.24. The summed E-state index contributed by atoms with van der Waals surface area (Å²) in [4.78, 5) is 0. The van der Waals surface area contributed by atoms with Gasteiger partial charge < -0.3 is 0 Å². The van der Waals surface area contributed by atoms with Gasteiger partial charge in [0.25, 0.3) is 0 Å². The molecule has 0 heterocycles. The van der Waals surface area contributed by atoms with Gasteiger partial charge in [-0.3, -0.25) is 0 Å². The van der Waals surface area contributed by atoms with Crippen molar-refractivity contribution in [3.05, 3.63) is 47.7 Å². The quantitative estimate of drug-likeness (QED) is 0.456. The SMILES string of the molecule is CCCCCCC=C=Cc1ccccc1. The number of hydrogen-bond acceptors (Lipinski definition) is 0. The molecule has 0 aromatic heterocycles. The van der Waals surface area contributed by atoms with E-state index in [2.05, 4.69) is 43.0 Å². The maximum Gasteiger partial charge on any atom is -0.0131 e. The van der Waals surface area contributed by atoms with Crippen molar-refractivity contribution in [2.75, 3.05) is 0 Å². The molecule has 0 N–H and O–H groups in total. The van der Waals surface area contributed by atoms with Gasteiger partial charge in [-0.2, -0.15) is 0 Å². The maximum absolute atomic E-state index is 3.23. The Hall–Kier alpha value is -1.26. The third kappa shape index (κ3) is 5.93. The van der Waals surface area contributed by atoms with E-state index < -0.39 is 0 Å². The van der Waals surface area contributed by atoms with Crippen LogP contribution in [0.5, 0.6) is 0 Å². The van der Waals surface area contributed by atoms with Crippen LogP contribution in [0.2, 0.25) is 0 Å². The first kappa shape index (κ1) is 11.8. The third-order valence-electron chi connectivity index (χ3n) is 2.37. The fraction of sp³-hybridized carbons (Fsp3) is 0.400. The van der Waals surface area contributed by atoms with E-state index in [0.29, 0.717) is 0 Å². The van der Waals surface area contributed by atoms with E-state index in [1.807, 2.05) is 12.1 Å². The summed E-state index contributed by atoms with van der Waals surface area (Å²) in [6.07, 6.45) is 10.6. The minimum absolute atomic E-state index is 1.16. The fourth-order valence-corrected chi connectivity index (χ4v) is 1.46. The highest BCUT2D eigenvalue weighted by Gasteiger charge is 1.83. The number of benzene rings is 1. The van der Waals surface area contributed by atoms with Gasteiger partial charge >= 0.3 is 0 Å². The summed E-state index contributed by atoms with van der Waals surface area (Å²) >= 11 is 0. The van der Waals surface area contributed by atoms with Crippen molar-refractivity contribution in [3.8, 4) is 0 Å². The molecule has 0 heteroatoms. The van der Waals surface area contributed by atoms with Crippen LogP contribution in [0.3, 0.4) is 0 Å². The van der Waals surface area contributed by atoms with Crippen LogP contribution in [-0.2, 0) is 0 Å². The predicted molar refractivity (Wildman–Crippen MR) is 67.7 cm³/mol. The zero-order valence-electron chi connectivity index (χ0n) is 9.58. The summed E-state index contributed by atoms with van der Waals surface area (Å²) in [5.74, 6) is 0. The van der Waals surface area contributed by atoms with Crippen LogP contribution in [-0.4, -0.2) is 0 Å². The topological polar surface area (TPSA) is 0 Å². The first-order valence-corrected chi connectivity index (χ1v) is 5.89. The highest BCUT2D eigenvalue weighted by molar-refractivity contribution is 5.47. The third-order valence-corrected chi connectivity index (χ3v) is 2.37. The molecule has 1 aromatic carbocycles. The molecule has 0 aliphatic carbocycles. The lowest BCUT2D eigenvalue weighted by atomic mass is 10.1. The first-order valence-electron chi connectivity index (χ1n) is 5.89. The predicted octanol–water partition coefficient (Wildman–Crippen LogP) is 4.83. The van der Waals surface area contributed by atoms with Crippen molar-refractivity contribution in [1.82, 2.24) is 0 Å². The molecule has 0 radical (unpaired) electrons. The second-order valence-electron chi connectivity index (χ2n) is 3.78. The van der Waals surface area contributed by atoms with Gasteiger partial charge in [0.2, 0.25) is 0 Å².